The average Bonchev–Trinajstić information content (AvgIpc) is 3.10. The van der Waals surface area contributed by atoms with Gasteiger partial charge in [0.25, 0.3) is 5.69 Å². The molecule has 0 bridgehead atoms. The number of non-ortho nitro benzene ring substituents is 1. The molecule has 4 atom stereocenters. The Hall–Kier alpha value is -3.06. The number of rotatable bonds is 5. The first-order valence-corrected chi connectivity index (χ1v) is 12.2. The van der Waals surface area contributed by atoms with Crippen LogP contribution >= 0.6 is 15.9 Å². The second-order valence-corrected chi connectivity index (χ2v) is 10.1. The zero-order chi connectivity index (χ0) is 25.7. The summed E-state index contributed by atoms with van der Waals surface area (Å²) in [6.07, 6.45) is -0.288. The second-order valence-electron chi connectivity index (χ2n) is 9.14. The summed E-state index contributed by atoms with van der Waals surface area (Å²) in [5.41, 5.74) is 1.57. The molecule has 3 aliphatic rings. The number of benzene rings is 2. The quantitative estimate of drug-likeness (QED) is 0.247. The number of hydrogen-bond acceptors (Lipinski definition) is 8. The van der Waals surface area contributed by atoms with Crippen molar-refractivity contribution in [2.24, 2.45) is 17.8 Å². The number of phenols is 1. The van der Waals surface area contributed by atoms with Crippen LogP contribution in [0.15, 0.2) is 58.0 Å². The highest BCUT2D eigenvalue weighted by atomic mass is 79.9. The van der Waals surface area contributed by atoms with Gasteiger partial charge in [-0.2, -0.15) is 0 Å². The monoisotopic (exact) mass is 556 g/mol. The molecular weight excluding hydrogens is 535 g/mol. The summed E-state index contributed by atoms with van der Waals surface area (Å²) >= 11 is 3.38. The lowest BCUT2D eigenvalue weighted by atomic mass is 9.55. The molecule has 2 fully saturated rings. The van der Waals surface area contributed by atoms with Gasteiger partial charge in [-0.15, -0.1) is 0 Å². The summed E-state index contributed by atoms with van der Waals surface area (Å²) in [7, 11) is 0.150. The Labute approximate surface area is 214 Å². The number of nitro groups is 1. The third-order valence-corrected chi connectivity index (χ3v) is 7.66. The fraction of sp³-hybridized carbons (Fsp3) is 0.333. The van der Waals surface area contributed by atoms with Crippen LogP contribution in [-0.2, 0) is 19.0 Å². The molecule has 5 rings (SSSR count). The molecule has 2 aliphatic heterocycles. The molecule has 0 saturated carbocycles. The SMILES string of the molecule is COCC1=C2B(O)O[C@H](c3cc(Br)ccc3O)C[C@H]2[C@H]2C(=O)N(c3cccc([N+](=O)[O-])c3)C(=O)[C@H]2C1. The highest BCUT2D eigenvalue weighted by molar-refractivity contribution is 9.10. The van der Waals surface area contributed by atoms with E-state index in [9.17, 15) is 29.8 Å². The molecule has 0 aromatic heterocycles. The van der Waals surface area contributed by atoms with Crippen molar-refractivity contribution < 1.29 is 34.0 Å². The van der Waals surface area contributed by atoms with Crippen molar-refractivity contribution >= 4 is 46.2 Å². The van der Waals surface area contributed by atoms with Crippen LogP contribution < -0.4 is 4.90 Å². The zero-order valence-corrected chi connectivity index (χ0v) is 20.8. The number of carbonyl (C=O) groups excluding carboxylic acids is 2. The van der Waals surface area contributed by atoms with E-state index >= 15 is 0 Å². The standard InChI is InChI=1S/C24H22BBrN2O8/c1-35-11-12-7-18-21(24(31)27(23(18)30)14-3-2-4-15(9-14)28(33)34)17-10-20(36-25(32)22(12)17)16-8-13(26)5-6-19(16)29/h2-6,8-9,17-18,20-21,29,32H,7,10-11H2,1H3/t17-,18-,20-,21+/m0/s1. The van der Waals surface area contributed by atoms with E-state index in [1.165, 1.54) is 37.4 Å². The first kappa shape index (κ1) is 24.6. The summed E-state index contributed by atoms with van der Waals surface area (Å²) < 4.78 is 11.9. The van der Waals surface area contributed by atoms with Crippen molar-refractivity contribution in [3.63, 3.8) is 0 Å². The fourth-order valence-electron chi connectivity index (χ4n) is 5.70. The van der Waals surface area contributed by atoms with Gasteiger partial charge in [0.15, 0.2) is 0 Å². The number of phenolic OH excluding ortho intramolecular Hbond substituents is 1. The van der Waals surface area contributed by atoms with Crippen molar-refractivity contribution in [3.8, 4) is 5.75 Å². The first-order valence-electron chi connectivity index (χ1n) is 11.4. The summed E-state index contributed by atoms with van der Waals surface area (Å²) in [6.45, 7) is 0.153. The molecule has 2 amide bonds. The van der Waals surface area contributed by atoms with E-state index in [4.69, 9.17) is 9.39 Å². The second kappa shape index (κ2) is 9.43. The van der Waals surface area contributed by atoms with Gasteiger partial charge in [-0.3, -0.25) is 19.7 Å². The molecule has 2 N–H and O–H groups in total. The Bertz CT molecular complexity index is 1300. The maximum Gasteiger partial charge on any atom is 0.487 e. The van der Waals surface area contributed by atoms with Gasteiger partial charge < -0.3 is 19.5 Å². The number of imide groups is 1. The van der Waals surface area contributed by atoms with E-state index < -0.39 is 47.7 Å². The predicted molar refractivity (Wildman–Crippen MR) is 132 cm³/mol. The molecule has 12 heteroatoms. The molecule has 1 aliphatic carbocycles. The van der Waals surface area contributed by atoms with Crippen LogP contribution in [0.25, 0.3) is 0 Å². The lowest BCUT2D eigenvalue weighted by Crippen LogP contribution is -2.45. The van der Waals surface area contributed by atoms with Gasteiger partial charge in [0.05, 0.1) is 35.2 Å². The summed E-state index contributed by atoms with van der Waals surface area (Å²) in [5.74, 6) is -2.99. The van der Waals surface area contributed by atoms with Crippen LogP contribution in [0.2, 0.25) is 0 Å². The Morgan fingerprint density at radius 3 is 2.72 bits per heavy atom. The van der Waals surface area contributed by atoms with Crippen molar-refractivity contribution in [1.29, 1.82) is 0 Å². The van der Waals surface area contributed by atoms with E-state index in [0.29, 0.717) is 21.1 Å². The molecule has 2 aromatic carbocycles. The summed E-state index contributed by atoms with van der Waals surface area (Å²) in [5, 5.41) is 32.8. The molecule has 186 valence electrons. The van der Waals surface area contributed by atoms with E-state index in [1.54, 1.807) is 12.1 Å². The Morgan fingerprint density at radius 1 is 1.22 bits per heavy atom. The molecule has 2 heterocycles. The minimum absolute atomic E-state index is 0.0145. The number of methoxy groups -OCH3 is 1. The highest BCUT2D eigenvalue weighted by Crippen LogP contribution is 2.52. The number of allylic oxidation sites excluding steroid dienone is 1. The fourth-order valence-corrected chi connectivity index (χ4v) is 6.08. The number of amides is 2. The van der Waals surface area contributed by atoms with Crippen LogP contribution in [-0.4, -0.2) is 47.7 Å². The van der Waals surface area contributed by atoms with Gasteiger partial charge >= 0.3 is 7.12 Å². The Morgan fingerprint density at radius 2 is 2.00 bits per heavy atom. The molecule has 2 aromatic rings. The van der Waals surface area contributed by atoms with Crippen LogP contribution in [0.3, 0.4) is 0 Å². The number of fused-ring (bicyclic) bond motifs is 3. The normalized spacial score (nSPS) is 25.8. The van der Waals surface area contributed by atoms with E-state index in [2.05, 4.69) is 15.9 Å². The molecule has 0 unspecified atom stereocenters. The van der Waals surface area contributed by atoms with Gasteiger partial charge in [-0.25, -0.2) is 4.90 Å². The maximum absolute atomic E-state index is 13.7. The van der Waals surface area contributed by atoms with Gasteiger partial charge in [0.2, 0.25) is 11.8 Å². The van der Waals surface area contributed by atoms with Gasteiger partial charge in [-0.1, -0.05) is 22.0 Å². The third kappa shape index (κ3) is 4.03. The van der Waals surface area contributed by atoms with Crippen molar-refractivity contribution in [2.75, 3.05) is 18.6 Å². The smallest absolute Gasteiger partial charge is 0.487 e. The first-order chi connectivity index (χ1) is 17.2. The van der Waals surface area contributed by atoms with Gasteiger partial charge in [0.1, 0.15) is 5.75 Å². The Kier molecular flexibility index (Phi) is 6.45. The van der Waals surface area contributed by atoms with Crippen molar-refractivity contribution in [2.45, 2.75) is 18.9 Å². The lowest BCUT2D eigenvalue weighted by molar-refractivity contribution is -0.384. The predicted octanol–water partition coefficient (Wildman–Crippen LogP) is 3.31. The maximum atomic E-state index is 13.7. The highest BCUT2D eigenvalue weighted by Gasteiger charge is 2.58. The number of hydrogen-bond donors (Lipinski definition) is 2. The molecular formula is C24H22BBrN2O8. The van der Waals surface area contributed by atoms with E-state index in [0.717, 1.165) is 4.90 Å². The number of anilines is 1. The number of aromatic hydroxyl groups is 1. The molecule has 0 radical (unpaired) electrons. The van der Waals surface area contributed by atoms with Crippen LogP contribution in [0.5, 0.6) is 5.75 Å². The summed E-state index contributed by atoms with van der Waals surface area (Å²) in [4.78, 5) is 39.0. The largest absolute Gasteiger partial charge is 0.508 e. The van der Waals surface area contributed by atoms with Crippen LogP contribution in [0, 0.1) is 27.9 Å². The van der Waals surface area contributed by atoms with Gasteiger partial charge in [-0.05, 0) is 54.1 Å². The van der Waals surface area contributed by atoms with Crippen LogP contribution in [0.4, 0.5) is 11.4 Å². The minimum Gasteiger partial charge on any atom is -0.508 e. The molecule has 36 heavy (non-hydrogen) atoms. The van der Waals surface area contributed by atoms with Gasteiger partial charge in [0, 0.05) is 29.3 Å². The molecule has 10 nitrogen and oxygen atoms in total. The van der Waals surface area contributed by atoms with E-state index in [1.807, 2.05) is 0 Å². The third-order valence-electron chi connectivity index (χ3n) is 7.17. The summed E-state index contributed by atoms with van der Waals surface area (Å²) in [6, 6.07) is 10.3. The lowest BCUT2D eigenvalue weighted by Gasteiger charge is -2.42. The van der Waals surface area contributed by atoms with Crippen LogP contribution in [0.1, 0.15) is 24.5 Å². The zero-order valence-electron chi connectivity index (χ0n) is 19.2. The number of carbonyl (C=O) groups is 2. The minimum atomic E-state index is -1.35. The van der Waals surface area contributed by atoms with Crippen molar-refractivity contribution in [1.82, 2.24) is 0 Å². The van der Waals surface area contributed by atoms with E-state index in [-0.39, 0.29) is 36.6 Å². The number of nitrogens with zero attached hydrogens (tertiary/aromatic N) is 2. The number of nitro benzene ring substituents is 1. The number of halogens is 1. The molecule has 2 saturated heterocycles. The Balaban J connectivity index is 1.56. The van der Waals surface area contributed by atoms with Crippen molar-refractivity contribution in [3.05, 3.63) is 73.7 Å². The topological polar surface area (TPSA) is 139 Å². The average molecular weight is 557 g/mol. The number of ether oxygens (including phenoxy) is 1. The molecule has 0 spiro atoms.